The van der Waals surface area contributed by atoms with Crippen LogP contribution in [0.4, 0.5) is 13.2 Å². The largest absolute Gasteiger partial charge is 0.471 e. The van der Waals surface area contributed by atoms with E-state index in [9.17, 15) is 18.0 Å². The summed E-state index contributed by atoms with van der Waals surface area (Å²) in [7, 11) is 0. The monoisotopic (exact) mass is 331 g/mol. The number of alkyl halides is 3. The number of hydrogen-bond donors (Lipinski definition) is 0. The Hall–Kier alpha value is -1.49. The number of rotatable bonds is 3. The summed E-state index contributed by atoms with van der Waals surface area (Å²) in [6.07, 6.45) is 1.83. The first-order chi connectivity index (χ1) is 10.4. The van der Waals surface area contributed by atoms with E-state index in [1.165, 1.54) is 0 Å². The van der Waals surface area contributed by atoms with E-state index in [1.54, 1.807) is 30.3 Å². The molecule has 0 aliphatic heterocycles. The molecule has 1 aromatic rings. The van der Waals surface area contributed by atoms with Crippen LogP contribution in [0.5, 0.6) is 0 Å². The van der Waals surface area contributed by atoms with Crippen LogP contribution in [-0.2, 0) is 11.3 Å². The number of amides is 1. The van der Waals surface area contributed by atoms with Crippen LogP contribution in [0.2, 0.25) is 5.02 Å². The highest BCUT2D eigenvalue weighted by atomic mass is 35.5. The number of carbonyl (C=O) groups excluding carboxylic acids is 1. The molecule has 1 aliphatic carbocycles. The molecule has 22 heavy (non-hydrogen) atoms. The van der Waals surface area contributed by atoms with Gasteiger partial charge in [-0.15, -0.1) is 0 Å². The van der Waals surface area contributed by atoms with Gasteiger partial charge >= 0.3 is 12.1 Å². The molecule has 0 saturated carbocycles. The molecule has 0 spiro atoms. The summed E-state index contributed by atoms with van der Waals surface area (Å²) in [5.74, 6) is -1.79. The number of halogens is 4. The van der Waals surface area contributed by atoms with Crippen molar-refractivity contribution in [2.75, 3.05) is 0 Å². The smallest absolute Gasteiger partial charge is 0.324 e. The maximum absolute atomic E-state index is 12.9. The minimum absolute atomic E-state index is 0.0789. The molecular weight excluding hydrogens is 315 g/mol. The predicted octanol–water partition coefficient (Wildman–Crippen LogP) is 4.73. The highest BCUT2D eigenvalue weighted by Crippen LogP contribution is 2.26. The minimum atomic E-state index is -4.87. The number of carbonyl (C=O) groups is 1. The highest BCUT2D eigenvalue weighted by Gasteiger charge is 2.44. The summed E-state index contributed by atoms with van der Waals surface area (Å²) in [6, 6.07) is 5.97. The summed E-state index contributed by atoms with van der Waals surface area (Å²) in [6.45, 7) is -0.0789. The van der Waals surface area contributed by atoms with Gasteiger partial charge in [-0.25, -0.2) is 0 Å². The topological polar surface area (TPSA) is 20.3 Å². The summed E-state index contributed by atoms with van der Waals surface area (Å²) in [4.78, 5) is 12.7. The summed E-state index contributed by atoms with van der Waals surface area (Å²) >= 11 is 5.78. The van der Waals surface area contributed by atoms with Crippen LogP contribution in [0.3, 0.4) is 0 Å². The molecule has 1 unspecified atom stereocenters. The molecule has 0 N–H and O–H groups in total. The van der Waals surface area contributed by atoms with Crippen molar-refractivity contribution in [1.82, 2.24) is 4.90 Å². The van der Waals surface area contributed by atoms with Crippen molar-refractivity contribution in [2.24, 2.45) is 0 Å². The molecule has 1 atom stereocenters. The number of hydrogen-bond acceptors (Lipinski definition) is 1. The van der Waals surface area contributed by atoms with Crippen molar-refractivity contribution in [3.8, 4) is 0 Å². The van der Waals surface area contributed by atoms with Gasteiger partial charge in [0.1, 0.15) is 0 Å². The van der Waals surface area contributed by atoms with Crippen molar-refractivity contribution >= 4 is 17.5 Å². The van der Waals surface area contributed by atoms with Gasteiger partial charge in [0, 0.05) is 11.6 Å². The summed E-state index contributed by atoms with van der Waals surface area (Å²) < 4.78 is 38.7. The van der Waals surface area contributed by atoms with E-state index >= 15 is 0 Å². The fraction of sp³-hybridized carbons (Fsp3) is 0.438. The first-order valence-corrected chi connectivity index (χ1v) is 7.54. The van der Waals surface area contributed by atoms with E-state index in [2.05, 4.69) is 0 Å². The second kappa shape index (κ2) is 7.18. The standard InChI is InChI=1S/C16H17ClF3NO/c17-13-9-7-12(8-10-13)11-21(15(22)16(18,19)20)14-5-3-1-2-4-6-14/h3,5,7-10,14H,1-2,4,6,11H2. The van der Waals surface area contributed by atoms with Gasteiger partial charge in [0.2, 0.25) is 0 Å². The Balaban J connectivity index is 2.24. The Bertz CT molecular complexity index is 539. The second-order valence-electron chi connectivity index (χ2n) is 5.34. The molecule has 2 nitrogen and oxygen atoms in total. The molecule has 0 aromatic heterocycles. The third-order valence-corrected chi connectivity index (χ3v) is 3.90. The van der Waals surface area contributed by atoms with Crippen molar-refractivity contribution in [3.05, 3.63) is 47.0 Å². The van der Waals surface area contributed by atoms with Crippen molar-refractivity contribution in [3.63, 3.8) is 0 Å². The maximum atomic E-state index is 12.9. The van der Waals surface area contributed by atoms with Crippen LogP contribution in [0, 0.1) is 0 Å². The minimum Gasteiger partial charge on any atom is -0.324 e. The van der Waals surface area contributed by atoms with E-state index < -0.39 is 18.1 Å². The molecule has 2 rings (SSSR count). The van der Waals surface area contributed by atoms with E-state index in [0.717, 1.165) is 24.2 Å². The predicted molar refractivity (Wildman–Crippen MR) is 79.5 cm³/mol. The molecule has 1 aromatic carbocycles. The average Bonchev–Trinajstić information content (AvgIpc) is 2.74. The lowest BCUT2D eigenvalue weighted by molar-refractivity contribution is -0.187. The van der Waals surface area contributed by atoms with E-state index in [4.69, 9.17) is 11.6 Å². The van der Waals surface area contributed by atoms with Crippen LogP contribution in [0.1, 0.15) is 31.2 Å². The van der Waals surface area contributed by atoms with Crippen LogP contribution in [0.15, 0.2) is 36.4 Å². The lowest BCUT2D eigenvalue weighted by atomic mass is 10.1. The Labute approximate surface area is 132 Å². The van der Waals surface area contributed by atoms with E-state index in [0.29, 0.717) is 17.0 Å². The van der Waals surface area contributed by atoms with Gasteiger partial charge in [-0.05, 0) is 37.0 Å². The van der Waals surface area contributed by atoms with Gasteiger partial charge in [0.15, 0.2) is 0 Å². The highest BCUT2D eigenvalue weighted by molar-refractivity contribution is 6.30. The molecule has 0 heterocycles. The van der Waals surface area contributed by atoms with E-state index in [-0.39, 0.29) is 6.54 Å². The molecule has 0 saturated heterocycles. The maximum Gasteiger partial charge on any atom is 0.471 e. The van der Waals surface area contributed by atoms with Gasteiger partial charge in [-0.3, -0.25) is 4.79 Å². The quantitative estimate of drug-likeness (QED) is 0.733. The molecular formula is C16H17ClF3NO. The van der Waals surface area contributed by atoms with Gasteiger partial charge < -0.3 is 4.90 Å². The molecule has 120 valence electrons. The summed E-state index contributed by atoms with van der Waals surface area (Å²) in [5, 5.41) is 0.506. The third-order valence-electron chi connectivity index (χ3n) is 3.65. The van der Waals surface area contributed by atoms with Crippen LogP contribution < -0.4 is 0 Å². The molecule has 0 bridgehead atoms. The number of benzene rings is 1. The number of nitrogens with zero attached hydrogens (tertiary/aromatic N) is 1. The molecule has 1 aliphatic rings. The fourth-order valence-corrected chi connectivity index (χ4v) is 2.64. The normalized spacial score (nSPS) is 18.8. The Morgan fingerprint density at radius 1 is 1.23 bits per heavy atom. The first-order valence-electron chi connectivity index (χ1n) is 7.17. The zero-order valence-electron chi connectivity index (χ0n) is 11.9. The fourth-order valence-electron chi connectivity index (χ4n) is 2.51. The molecule has 0 radical (unpaired) electrons. The van der Waals surface area contributed by atoms with Gasteiger partial charge in [-0.2, -0.15) is 13.2 Å². The number of allylic oxidation sites excluding steroid dienone is 1. The lowest BCUT2D eigenvalue weighted by Crippen LogP contribution is -2.45. The van der Waals surface area contributed by atoms with Gasteiger partial charge in [0.05, 0.1) is 6.04 Å². The molecule has 1 amide bonds. The van der Waals surface area contributed by atoms with E-state index in [1.807, 2.05) is 6.08 Å². The average molecular weight is 332 g/mol. The van der Waals surface area contributed by atoms with Crippen LogP contribution >= 0.6 is 11.6 Å². The molecule has 6 heteroatoms. The first kappa shape index (κ1) is 16.9. The van der Waals surface area contributed by atoms with Crippen molar-refractivity contribution < 1.29 is 18.0 Å². The zero-order chi connectivity index (χ0) is 16.2. The third kappa shape index (κ3) is 4.50. The second-order valence-corrected chi connectivity index (χ2v) is 5.77. The zero-order valence-corrected chi connectivity index (χ0v) is 12.7. The Kier molecular flexibility index (Phi) is 5.51. The van der Waals surface area contributed by atoms with Crippen LogP contribution in [-0.4, -0.2) is 23.0 Å². The Morgan fingerprint density at radius 3 is 2.55 bits per heavy atom. The van der Waals surface area contributed by atoms with Gasteiger partial charge in [0.25, 0.3) is 0 Å². The summed E-state index contributed by atoms with van der Waals surface area (Å²) in [5.41, 5.74) is 0.625. The van der Waals surface area contributed by atoms with Crippen LogP contribution in [0.25, 0.3) is 0 Å². The SMILES string of the molecule is O=C(N(Cc1ccc(Cl)cc1)C1C=CCCCC1)C(F)(F)F. The van der Waals surface area contributed by atoms with Gasteiger partial charge in [-0.1, -0.05) is 42.3 Å². The van der Waals surface area contributed by atoms with Crippen molar-refractivity contribution in [1.29, 1.82) is 0 Å². The molecule has 0 fully saturated rings. The van der Waals surface area contributed by atoms with Crippen molar-refractivity contribution in [2.45, 2.75) is 44.4 Å². The Morgan fingerprint density at radius 2 is 1.91 bits per heavy atom. The lowest BCUT2D eigenvalue weighted by Gasteiger charge is -2.30.